The van der Waals surface area contributed by atoms with Crippen molar-refractivity contribution in [3.05, 3.63) is 104 Å². The lowest BCUT2D eigenvalue weighted by atomic mass is 9.63. The molecular formula is C27H24Cl3F2N. The molecule has 0 bridgehead atoms. The van der Waals surface area contributed by atoms with Crippen LogP contribution in [-0.2, 0) is 6.54 Å². The van der Waals surface area contributed by atoms with Gasteiger partial charge in [-0.1, -0.05) is 59.1 Å². The Morgan fingerprint density at radius 2 is 1.55 bits per heavy atom. The second-order valence-electron chi connectivity index (χ2n) is 9.29. The fraction of sp³-hybridized carbons (Fsp3) is 0.333. The molecule has 2 aliphatic rings. The molecular weight excluding hydrogens is 483 g/mol. The van der Waals surface area contributed by atoms with Crippen LogP contribution in [0.1, 0.15) is 41.4 Å². The summed E-state index contributed by atoms with van der Waals surface area (Å²) < 4.78 is 27.1. The normalized spacial score (nSPS) is 25.2. The molecule has 4 atom stereocenters. The molecule has 5 rings (SSSR count). The lowest BCUT2D eigenvalue weighted by molar-refractivity contribution is 0.227. The third-order valence-electron chi connectivity index (χ3n) is 7.32. The Bertz CT molecular complexity index is 1150. The van der Waals surface area contributed by atoms with Crippen LogP contribution in [0.25, 0.3) is 0 Å². The minimum absolute atomic E-state index is 0.278. The maximum absolute atomic E-state index is 13.7. The van der Waals surface area contributed by atoms with Crippen molar-refractivity contribution in [3.63, 3.8) is 0 Å². The van der Waals surface area contributed by atoms with Crippen molar-refractivity contribution in [1.29, 1.82) is 0 Å². The van der Waals surface area contributed by atoms with E-state index in [0.29, 0.717) is 28.4 Å². The quantitative estimate of drug-likeness (QED) is 0.344. The fourth-order valence-electron chi connectivity index (χ4n) is 5.91. The Balaban J connectivity index is 1.45. The SMILES string of the molecule is Fc1ccc(CN2C[C@@H]3CC[C@@H](c4ccc(Cl)cc4Cl)[C@@H](c4ccc(Cl)cc4)[C@@H]3C2)cc1F. The molecule has 1 aliphatic heterocycles. The molecule has 6 heteroatoms. The summed E-state index contributed by atoms with van der Waals surface area (Å²) in [4.78, 5) is 2.37. The molecule has 0 radical (unpaired) electrons. The third kappa shape index (κ3) is 4.79. The van der Waals surface area contributed by atoms with Crippen molar-refractivity contribution in [3.8, 4) is 0 Å². The number of hydrogen-bond acceptors (Lipinski definition) is 1. The Kier molecular flexibility index (Phi) is 6.68. The van der Waals surface area contributed by atoms with Crippen LogP contribution in [0.3, 0.4) is 0 Å². The van der Waals surface area contributed by atoms with Crippen molar-refractivity contribution >= 4 is 34.8 Å². The average Bonchev–Trinajstić information content (AvgIpc) is 3.19. The van der Waals surface area contributed by atoms with Gasteiger partial charge in [-0.25, -0.2) is 8.78 Å². The van der Waals surface area contributed by atoms with Gasteiger partial charge in [0.15, 0.2) is 11.6 Å². The van der Waals surface area contributed by atoms with Gasteiger partial charge in [0.25, 0.3) is 0 Å². The molecule has 0 unspecified atom stereocenters. The summed E-state index contributed by atoms with van der Waals surface area (Å²) >= 11 is 19.0. The van der Waals surface area contributed by atoms with Gasteiger partial charge in [-0.2, -0.15) is 0 Å². The zero-order chi connectivity index (χ0) is 23.1. The number of benzene rings is 3. The minimum atomic E-state index is -0.806. The van der Waals surface area contributed by atoms with Crippen LogP contribution in [0, 0.1) is 23.5 Å². The van der Waals surface area contributed by atoms with E-state index in [-0.39, 0.29) is 11.8 Å². The second-order valence-corrected chi connectivity index (χ2v) is 10.6. The predicted octanol–water partition coefficient (Wildman–Crippen LogP) is 8.33. The van der Waals surface area contributed by atoms with E-state index in [1.165, 1.54) is 17.7 Å². The third-order valence-corrected chi connectivity index (χ3v) is 8.13. The Labute approximate surface area is 208 Å². The molecule has 0 N–H and O–H groups in total. The smallest absolute Gasteiger partial charge is 0.159 e. The summed E-state index contributed by atoms with van der Waals surface area (Å²) in [6.45, 7) is 2.47. The summed E-state index contributed by atoms with van der Waals surface area (Å²) in [6.07, 6.45) is 2.14. The van der Waals surface area contributed by atoms with E-state index in [1.54, 1.807) is 6.07 Å². The van der Waals surface area contributed by atoms with Gasteiger partial charge in [-0.3, -0.25) is 4.90 Å². The van der Waals surface area contributed by atoms with Gasteiger partial charge in [0.05, 0.1) is 0 Å². The molecule has 1 heterocycles. The van der Waals surface area contributed by atoms with Gasteiger partial charge in [-0.05, 0) is 89.6 Å². The van der Waals surface area contributed by atoms with Crippen molar-refractivity contribution < 1.29 is 8.78 Å². The van der Waals surface area contributed by atoms with Crippen LogP contribution in [0.15, 0.2) is 60.7 Å². The van der Waals surface area contributed by atoms with E-state index in [4.69, 9.17) is 34.8 Å². The molecule has 0 amide bonds. The first kappa shape index (κ1) is 23.1. The number of fused-ring (bicyclic) bond motifs is 1. The molecule has 172 valence electrons. The summed E-state index contributed by atoms with van der Waals surface area (Å²) in [5.41, 5.74) is 3.20. The molecule has 0 spiro atoms. The van der Waals surface area contributed by atoms with Crippen molar-refractivity contribution in [2.45, 2.75) is 31.2 Å². The Morgan fingerprint density at radius 3 is 2.27 bits per heavy atom. The number of hydrogen-bond donors (Lipinski definition) is 0. The van der Waals surface area contributed by atoms with E-state index in [9.17, 15) is 8.78 Å². The second kappa shape index (κ2) is 9.54. The molecule has 1 aliphatic carbocycles. The summed E-state index contributed by atoms with van der Waals surface area (Å²) in [6, 6.07) is 18.2. The summed E-state index contributed by atoms with van der Waals surface area (Å²) in [7, 11) is 0. The number of likely N-dealkylation sites (tertiary alicyclic amines) is 1. The standard InChI is InChI=1S/C27H24Cl3F2N/c28-19-5-2-17(3-6-19)27-22(21-9-7-20(29)12-24(21)30)8-4-18-14-33(15-23(18)27)13-16-1-10-25(31)26(32)11-16/h1-3,5-7,9-12,18,22-23,27H,4,8,13-15H2/t18-,22-,23+,27+/m0/s1. The van der Waals surface area contributed by atoms with E-state index in [0.717, 1.165) is 42.1 Å². The molecule has 2 fully saturated rings. The number of rotatable bonds is 4. The first-order chi connectivity index (χ1) is 15.9. The number of nitrogens with zero attached hydrogens (tertiary/aromatic N) is 1. The topological polar surface area (TPSA) is 3.24 Å². The Hall–Kier alpha value is -1.65. The first-order valence-corrected chi connectivity index (χ1v) is 12.4. The van der Waals surface area contributed by atoms with Crippen molar-refractivity contribution in [2.24, 2.45) is 11.8 Å². The maximum Gasteiger partial charge on any atom is 0.159 e. The average molecular weight is 507 g/mol. The zero-order valence-corrected chi connectivity index (χ0v) is 20.2. The van der Waals surface area contributed by atoms with E-state index in [1.807, 2.05) is 24.3 Å². The predicted molar refractivity (Wildman–Crippen MR) is 131 cm³/mol. The van der Waals surface area contributed by atoms with E-state index < -0.39 is 11.6 Å². The molecule has 0 aromatic heterocycles. The first-order valence-electron chi connectivity index (χ1n) is 11.3. The van der Waals surface area contributed by atoms with Crippen molar-refractivity contribution in [2.75, 3.05) is 13.1 Å². The zero-order valence-electron chi connectivity index (χ0n) is 18.0. The van der Waals surface area contributed by atoms with Gasteiger partial charge >= 0.3 is 0 Å². The Morgan fingerprint density at radius 1 is 0.788 bits per heavy atom. The lowest BCUT2D eigenvalue weighted by Gasteiger charge is -2.41. The largest absolute Gasteiger partial charge is 0.298 e. The van der Waals surface area contributed by atoms with Gasteiger partial charge < -0.3 is 0 Å². The molecule has 1 nitrogen and oxygen atoms in total. The van der Waals surface area contributed by atoms with Crippen LogP contribution < -0.4 is 0 Å². The molecule has 33 heavy (non-hydrogen) atoms. The summed E-state index contributed by atoms with van der Waals surface area (Å²) in [5.74, 6) is -0.0600. The highest BCUT2D eigenvalue weighted by atomic mass is 35.5. The summed E-state index contributed by atoms with van der Waals surface area (Å²) in [5, 5.41) is 2.07. The monoisotopic (exact) mass is 505 g/mol. The molecule has 3 aromatic rings. The van der Waals surface area contributed by atoms with Gasteiger partial charge in [0.2, 0.25) is 0 Å². The van der Waals surface area contributed by atoms with Crippen LogP contribution in [-0.4, -0.2) is 18.0 Å². The number of halogens is 5. The maximum atomic E-state index is 13.7. The highest BCUT2D eigenvalue weighted by Crippen LogP contribution is 2.53. The van der Waals surface area contributed by atoms with E-state index >= 15 is 0 Å². The van der Waals surface area contributed by atoms with Crippen LogP contribution in [0.2, 0.25) is 15.1 Å². The van der Waals surface area contributed by atoms with Crippen LogP contribution in [0.4, 0.5) is 8.78 Å². The molecule has 1 saturated heterocycles. The van der Waals surface area contributed by atoms with Gasteiger partial charge in [0.1, 0.15) is 0 Å². The lowest BCUT2D eigenvalue weighted by Crippen LogP contribution is -2.31. The highest BCUT2D eigenvalue weighted by molar-refractivity contribution is 6.35. The van der Waals surface area contributed by atoms with Crippen molar-refractivity contribution in [1.82, 2.24) is 4.90 Å². The molecule has 1 saturated carbocycles. The van der Waals surface area contributed by atoms with Crippen LogP contribution in [0.5, 0.6) is 0 Å². The van der Waals surface area contributed by atoms with Gasteiger partial charge in [-0.15, -0.1) is 0 Å². The van der Waals surface area contributed by atoms with E-state index in [2.05, 4.69) is 23.1 Å². The highest BCUT2D eigenvalue weighted by Gasteiger charge is 2.45. The fourth-order valence-corrected chi connectivity index (χ4v) is 6.59. The van der Waals surface area contributed by atoms with Gasteiger partial charge in [0, 0.05) is 34.7 Å². The molecule has 3 aromatic carbocycles. The van der Waals surface area contributed by atoms with Crippen LogP contribution >= 0.6 is 34.8 Å². The minimum Gasteiger partial charge on any atom is -0.298 e.